The average Bonchev–Trinajstić information content (AvgIpc) is 2.95. The molecule has 1 aliphatic carbocycles. The average molecular weight is 325 g/mol. The zero-order valence-electron chi connectivity index (χ0n) is 13.4. The molecule has 0 N–H and O–H groups in total. The molecule has 1 saturated carbocycles. The number of benzene rings is 1. The van der Waals surface area contributed by atoms with Crippen LogP contribution in [0.2, 0.25) is 0 Å². The predicted octanol–water partition coefficient (Wildman–Crippen LogP) is 2.76. The first kappa shape index (κ1) is 16.3. The first-order valence-corrected chi connectivity index (χ1v) is 7.85. The number of halogens is 2. The Hall–Kier alpha value is -1.53. The van der Waals surface area contributed by atoms with Crippen LogP contribution in [-0.4, -0.2) is 49.3 Å². The van der Waals surface area contributed by atoms with Crippen molar-refractivity contribution in [2.75, 3.05) is 20.8 Å². The second-order valence-corrected chi connectivity index (χ2v) is 6.27. The van der Waals surface area contributed by atoms with Gasteiger partial charge in [-0.3, -0.25) is 4.79 Å². The minimum atomic E-state index is -1.09. The number of likely N-dealkylation sites (tertiary alicyclic amines) is 1. The van der Waals surface area contributed by atoms with Crippen LogP contribution in [0.1, 0.15) is 36.0 Å². The molecule has 4 nitrogen and oxygen atoms in total. The molecule has 0 spiro atoms. The minimum Gasteiger partial charge on any atom is -0.381 e. The highest BCUT2D eigenvalue weighted by atomic mass is 19.2. The quantitative estimate of drug-likeness (QED) is 0.858. The molecular formula is C17H21F2NO3. The van der Waals surface area contributed by atoms with Gasteiger partial charge in [0.2, 0.25) is 0 Å². The third kappa shape index (κ3) is 2.64. The monoisotopic (exact) mass is 325 g/mol. The number of hydrogen-bond acceptors (Lipinski definition) is 3. The van der Waals surface area contributed by atoms with Gasteiger partial charge in [-0.25, -0.2) is 8.78 Å². The van der Waals surface area contributed by atoms with Gasteiger partial charge in [-0.05, 0) is 37.8 Å². The third-order valence-corrected chi connectivity index (χ3v) is 5.32. The Balaban J connectivity index is 1.90. The van der Waals surface area contributed by atoms with Crippen molar-refractivity contribution in [3.63, 3.8) is 0 Å². The highest BCUT2D eigenvalue weighted by Gasteiger charge is 2.52. The molecule has 1 amide bonds. The van der Waals surface area contributed by atoms with Gasteiger partial charge in [0, 0.05) is 20.8 Å². The molecule has 0 bridgehead atoms. The topological polar surface area (TPSA) is 38.8 Å². The molecule has 1 heterocycles. The van der Waals surface area contributed by atoms with Crippen LogP contribution in [0.25, 0.3) is 0 Å². The molecule has 0 unspecified atom stereocenters. The molecule has 1 saturated heterocycles. The molecule has 0 radical (unpaired) electrons. The zero-order valence-corrected chi connectivity index (χ0v) is 13.4. The van der Waals surface area contributed by atoms with Gasteiger partial charge in [-0.15, -0.1) is 0 Å². The van der Waals surface area contributed by atoms with E-state index in [0.717, 1.165) is 18.9 Å². The van der Waals surface area contributed by atoms with Crippen molar-refractivity contribution < 1.29 is 23.0 Å². The molecule has 2 aliphatic rings. The van der Waals surface area contributed by atoms with E-state index in [0.29, 0.717) is 19.4 Å². The highest BCUT2D eigenvalue weighted by molar-refractivity contribution is 5.95. The number of carbonyl (C=O) groups excluding carboxylic acids is 1. The Kier molecular flexibility index (Phi) is 4.38. The first-order chi connectivity index (χ1) is 11.0. The summed E-state index contributed by atoms with van der Waals surface area (Å²) in [6, 6.07) is 3.51. The summed E-state index contributed by atoms with van der Waals surface area (Å²) < 4.78 is 38.6. The maximum absolute atomic E-state index is 14.0. The number of hydrogen-bond donors (Lipinski definition) is 0. The number of nitrogens with zero attached hydrogens (tertiary/aromatic N) is 1. The summed E-state index contributed by atoms with van der Waals surface area (Å²) in [5, 5.41) is 0. The molecule has 23 heavy (non-hydrogen) atoms. The lowest BCUT2D eigenvalue weighted by atomic mass is 9.79. The number of amides is 1. The summed E-state index contributed by atoms with van der Waals surface area (Å²) in [4.78, 5) is 14.4. The molecule has 3 rings (SSSR count). The van der Waals surface area contributed by atoms with Crippen molar-refractivity contribution in [1.82, 2.24) is 4.90 Å². The number of methoxy groups -OCH3 is 2. The van der Waals surface area contributed by atoms with Crippen molar-refractivity contribution in [2.24, 2.45) is 0 Å². The van der Waals surface area contributed by atoms with Gasteiger partial charge >= 0.3 is 0 Å². The van der Waals surface area contributed by atoms with Gasteiger partial charge in [-0.1, -0.05) is 6.07 Å². The lowest BCUT2D eigenvalue weighted by Gasteiger charge is -2.43. The fourth-order valence-corrected chi connectivity index (χ4v) is 3.94. The summed E-state index contributed by atoms with van der Waals surface area (Å²) in [5.41, 5.74) is -0.634. The third-order valence-electron chi connectivity index (χ3n) is 5.32. The molecule has 2 fully saturated rings. The summed E-state index contributed by atoms with van der Waals surface area (Å²) in [6.07, 6.45) is 3.06. The van der Waals surface area contributed by atoms with Crippen molar-refractivity contribution >= 4 is 5.91 Å². The van der Waals surface area contributed by atoms with Crippen LogP contribution in [0.4, 0.5) is 8.78 Å². The fourth-order valence-electron chi connectivity index (χ4n) is 3.94. The number of fused-ring (bicyclic) bond motifs is 1. The largest absolute Gasteiger partial charge is 0.381 e. The molecule has 1 aromatic rings. The van der Waals surface area contributed by atoms with Crippen LogP contribution < -0.4 is 0 Å². The van der Waals surface area contributed by atoms with E-state index >= 15 is 0 Å². The molecule has 1 aliphatic heterocycles. The summed E-state index contributed by atoms with van der Waals surface area (Å²) in [7, 11) is 3.30. The molecule has 3 atom stereocenters. The second-order valence-electron chi connectivity index (χ2n) is 6.27. The highest BCUT2D eigenvalue weighted by Crippen LogP contribution is 2.43. The lowest BCUT2D eigenvalue weighted by molar-refractivity contribution is -0.0894. The van der Waals surface area contributed by atoms with E-state index in [4.69, 9.17) is 9.47 Å². The van der Waals surface area contributed by atoms with Gasteiger partial charge in [0.1, 0.15) is 0 Å². The molecule has 6 heteroatoms. The molecular weight excluding hydrogens is 304 g/mol. The SMILES string of the molecule is CO[C@@H]1CC[C@@]2(OC)CCN(C(=O)c3cccc(F)c3F)[C@H]2C1. The van der Waals surface area contributed by atoms with Gasteiger partial charge in [0.15, 0.2) is 11.6 Å². The standard InChI is InChI=1S/C17H21F2NO3/c1-22-11-6-7-17(23-2)8-9-20(14(17)10-11)16(21)12-4-3-5-13(18)15(12)19/h3-5,11,14H,6-10H2,1-2H3/t11-,14+,17-/m1/s1. The normalized spacial score (nSPS) is 30.3. The lowest BCUT2D eigenvalue weighted by Crippen LogP contribution is -2.53. The Bertz CT molecular complexity index is 610. The van der Waals surface area contributed by atoms with Crippen LogP contribution in [-0.2, 0) is 9.47 Å². The first-order valence-electron chi connectivity index (χ1n) is 7.85. The van der Waals surface area contributed by atoms with E-state index in [1.165, 1.54) is 12.1 Å². The smallest absolute Gasteiger partial charge is 0.257 e. The Morgan fingerprint density at radius 3 is 2.78 bits per heavy atom. The number of ether oxygens (including phenoxy) is 2. The molecule has 1 aromatic carbocycles. The summed E-state index contributed by atoms with van der Waals surface area (Å²) in [6.45, 7) is 0.476. The van der Waals surface area contributed by atoms with Crippen molar-refractivity contribution in [1.29, 1.82) is 0 Å². The molecule has 126 valence electrons. The Labute approximate surface area is 134 Å². The van der Waals surface area contributed by atoms with Crippen molar-refractivity contribution in [3.05, 3.63) is 35.4 Å². The summed E-state index contributed by atoms with van der Waals surface area (Å²) in [5.74, 6) is -2.58. The van der Waals surface area contributed by atoms with E-state index in [1.54, 1.807) is 19.1 Å². The predicted molar refractivity (Wildman–Crippen MR) is 80.2 cm³/mol. The maximum Gasteiger partial charge on any atom is 0.257 e. The fraction of sp³-hybridized carbons (Fsp3) is 0.588. The Morgan fingerprint density at radius 2 is 2.09 bits per heavy atom. The number of carbonyl (C=O) groups is 1. The minimum absolute atomic E-state index is 0.0500. The van der Waals surface area contributed by atoms with Crippen LogP contribution in [0.15, 0.2) is 18.2 Å². The van der Waals surface area contributed by atoms with E-state index in [-0.39, 0.29) is 17.7 Å². The Morgan fingerprint density at radius 1 is 1.30 bits per heavy atom. The van der Waals surface area contributed by atoms with E-state index < -0.39 is 23.1 Å². The van der Waals surface area contributed by atoms with Gasteiger partial charge in [0.25, 0.3) is 5.91 Å². The van der Waals surface area contributed by atoms with Gasteiger partial charge in [-0.2, -0.15) is 0 Å². The van der Waals surface area contributed by atoms with E-state index in [2.05, 4.69) is 0 Å². The maximum atomic E-state index is 14.0. The van der Waals surface area contributed by atoms with Crippen molar-refractivity contribution in [2.45, 2.75) is 43.4 Å². The van der Waals surface area contributed by atoms with Crippen LogP contribution >= 0.6 is 0 Å². The zero-order chi connectivity index (χ0) is 16.6. The second kappa shape index (κ2) is 6.17. The number of rotatable bonds is 3. The van der Waals surface area contributed by atoms with E-state index in [9.17, 15) is 13.6 Å². The summed E-state index contributed by atoms with van der Waals surface area (Å²) >= 11 is 0. The van der Waals surface area contributed by atoms with Crippen molar-refractivity contribution in [3.8, 4) is 0 Å². The van der Waals surface area contributed by atoms with Crippen LogP contribution in [0.5, 0.6) is 0 Å². The van der Waals surface area contributed by atoms with Gasteiger partial charge < -0.3 is 14.4 Å². The molecule has 0 aromatic heterocycles. The van der Waals surface area contributed by atoms with Crippen LogP contribution in [0.3, 0.4) is 0 Å². The van der Waals surface area contributed by atoms with Gasteiger partial charge in [0.05, 0.1) is 23.3 Å². The van der Waals surface area contributed by atoms with Crippen LogP contribution in [0, 0.1) is 11.6 Å². The van der Waals surface area contributed by atoms with E-state index in [1.807, 2.05) is 0 Å².